The Balaban J connectivity index is 1.79. The highest BCUT2D eigenvalue weighted by Crippen LogP contribution is 2.50. The summed E-state index contributed by atoms with van der Waals surface area (Å²) in [6, 6.07) is 8.93. The Morgan fingerprint density at radius 1 is 1.26 bits per heavy atom. The van der Waals surface area contributed by atoms with Crippen molar-refractivity contribution in [2.24, 2.45) is 5.41 Å². The van der Waals surface area contributed by atoms with Crippen LogP contribution in [0, 0.1) is 16.7 Å². The minimum absolute atomic E-state index is 0.00851. The van der Waals surface area contributed by atoms with Gasteiger partial charge in [-0.2, -0.15) is 14.0 Å². The van der Waals surface area contributed by atoms with Crippen LogP contribution < -0.4 is 9.47 Å². The minimum atomic E-state index is -3.12. The summed E-state index contributed by atoms with van der Waals surface area (Å²) in [5.41, 5.74) is 1.50. The molecule has 184 valence electrons. The van der Waals surface area contributed by atoms with E-state index in [0.29, 0.717) is 23.5 Å². The van der Waals surface area contributed by atoms with E-state index in [1.807, 2.05) is 26.0 Å². The van der Waals surface area contributed by atoms with Crippen LogP contribution in [0.1, 0.15) is 49.0 Å². The number of pyridine rings is 1. The summed E-state index contributed by atoms with van der Waals surface area (Å²) in [6.07, 6.45) is 5.20. The van der Waals surface area contributed by atoms with Crippen LogP contribution in [0.3, 0.4) is 0 Å². The lowest BCUT2D eigenvalue weighted by Gasteiger charge is -2.19. The third-order valence-corrected chi connectivity index (χ3v) is 6.53. The van der Waals surface area contributed by atoms with E-state index in [1.165, 1.54) is 13.2 Å². The van der Waals surface area contributed by atoms with Gasteiger partial charge < -0.3 is 14.2 Å². The summed E-state index contributed by atoms with van der Waals surface area (Å²) in [5, 5.41) is 9.44. The average Bonchev–Trinajstić information content (AvgIpc) is 3.43. The molecule has 0 N–H and O–H groups in total. The zero-order valence-electron chi connectivity index (χ0n) is 20.1. The Hall–Kier alpha value is -3.51. The van der Waals surface area contributed by atoms with Gasteiger partial charge >= 0.3 is 6.61 Å². The van der Waals surface area contributed by atoms with Gasteiger partial charge in [0.2, 0.25) is 0 Å². The maximum atomic E-state index is 13.3. The van der Waals surface area contributed by atoms with Gasteiger partial charge in [-0.05, 0) is 56.5 Å². The standard InChI is InChI=1S/C26H27F2N3O4/c1-25(2,14-29)17-5-8-31-18(13-30-22(31)11-17)16-9-20(34-4)23(21(10-16)35-24(27)28)19(32)12-26(6-7-26)15-33-3/h5,8-11,13,24H,6-7,12,15H2,1-4H3. The summed E-state index contributed by atoms with van der Waals surface area (Å²) in [6.45, 7) is 0.940. The zero-order chi connectivity index (χ0) is 25.4. The van der Waals surface area contributed by atoms with E-state index in [1.54, 1.807) is 30.0 Å². The van der Waals surface area contributed by atoms with Crippen molar-refractivity contribution < 1.29 is 27.8 Å². The Labute approximate surface area is 202 Å². The predicted octanol–water partition coefficient (Wildman–Crippen LogP) is 5.41. The fourth-order valence-electron chi connectivity index (χ4n) is 4.29. The van der Waals surface area contributed by atoms with Gasteiger partial charge in [0, 0.05) is 30.7 Å². The number of fused-ring (bicyclic) bond motifs is 1. The summed E-state index contributed by atoms with van der Waals surface area (Å²) >= 11 is 0. The number of carbonyl (C=O) groups excluding carboxylic acids is 1. The highest BCUT2D eigenvalue weighted by atomic mass is 19.3. The van der Waals surface area contributed by atoms with Crippen molar-refractivity contribution in [3.8, 4) is 28.8 Å². The molecule has 7 nitrogen and oxygen atoms in total. The summed E-state index contributed by atoms with van der Waals surface area (Å²) < 4.78 is 44.0. The first-order valence-electron chi connectivity index (χ1n) is 11.2. The first kappa shape index (κ1) is 24.6. The Kier molecular flexibility index (Phi) is 6.52. The first-order valence-corrected chi connectivity index (χ1v) is 11.2. The first-order chi connectivity index (χ1) is 16.6. The van der Waals surface area contributed by atoms with E-state index in [0.717, 1.165) is 18.4 Å². The van der Waals surface area contributed by atoms with Crippen LogP contribution in [-0.2, 0) is 10.2 Å². The lowest BCUT2D eigenvalue weighted by molar-refractivity contribution is -0.0502. The molecule has 0 radical (unpaired) electrons. The number of aromatic nitrogens is 2. The number of carbonyl (C=O) groups is 1. The molecule has 4 rings (SSSR count). The number of nitriles is 1. The van der Waals surface area contributed by atoms with E-state index in [2.05, 4.69) is 11.1 Å². The fraction of sp³-hybridized carbons (Fsp3) is 0.423. The summed E-state index contributed by atoms with van der Waals surface area (Å²) in [4.78, 5) is 17.7. The molecule has 0 spiro atoms. The molecule has 1 saturated carbocycles. The molecule has 1 aliphatic carbocycles. The number of imidazole rings is 1. The number of hydrogen-bond acceptors (Lipinski definition) is 6. The van der Waals surface area contributed by atoms with Crippen LogP contribution in [0.2, 0.25) is 0 Å². The maximum Gasteiger partial charge on any atom is 0.387 e. The molecular formula is C26H27F2N3O4. The number of benzene rings is 1. The van der Waals surface area contributed by atoms with Gasteiger partial charge in [-0.15, -0.1) is 0 Å². The highest BCUT2D eigenvalue weighted by molar-refractivity contribution is 6.02. The number of Topliss-reactive ketones (excluding diaryl/α,β-unsaturated/α-hetero) is 1. The normalized spacial score (nSPS) is 14.7. The lowest BCUT2D eigenvalue weighted by Crippen LogP contribution is -2.17. The van der Waals surface area contributed by atoms with Crippen molar-refractivity contribution in [1.29, 1.82) is 5.26 Å². The van der Waals surface area contributed by atoms with Crippen LogP contribution in [0.5, 0.6) is 11.5 Å². The van der Waals surface area contributed by atoms with E-state index < -0.39 is 12.0 Å². The van der Waals surface area contributed by atoms with Crippen LogP contribution in [0.4, 0.5) is 8.78 Å². The van der Waals surface area contributed by atoms with Crippen LogP contribution in [-0.4, -0.2) is 42.6 Å². The summed E-state index contributed by atoms with van der Waals surface area (Å²) in [7, 11) is 2.96. The van der Waals surface area contributed by atoms with Crippen molar-refractivity contribution >= 4 is 11.4 Å². The van der Waals surface area contributed by atoms with Gasteiger partial charge in [0.15, 0.2) is 5.78 Å². The van der Waals surface area contributed by atoms with Gasteiger partial charge in [-0.1, -0.05) is 0 Å². The van der Waals surface area contributed by atoms with Gasteiger partial charge in [0.05, 0.1) is 37.1 Å². The molecule has 0 atom stereocenters. The van der Waals surface area contributed by atoms with Crippen molar-refractivity contribution in [2.45, 2.75) is 45.1 Å². The molecule has 0 bridgehead atoms. The number of methoxy groups -OCH3 is 2. The molecule has 0 saturated heterocycles. The molecule has 2 heterocycles. The van der Waals surface area contributed by atoms with Crippen molar-refractivity contribution in [3.05, 3.63) is 47.8 Å². The molecule has 1 aromatic carbocycles. The second-order valence-electron chi connectivity index (χ2n) is 9.49. The van der Waals surface area contributed by atoms with Crippen LogP contribution >= 0.6 is 0 Å². The molecule has 35 heavy (non-hydrogen) atoms. The van der Waals surface area contributed by atoms with Crippen molar-refractivity contribution in [3.63, 3.8) is 0 Å². The monoisotopic (exact) mass is 483 g/mol. The van der Waals surface area contributed by atoms with Gasteiger partial charge in [0.25, 0.3) is 0 Å². The number of ether oxygens (including phenoxy) is 3. The zero-order valence-corrected chi connectivity index (χ0v) is 20.1. The van der Waals surface area contributed by atoms with E-state index in [4.69, 9.17) is 14.2 Å². The highest BCUT2D eigenvalue weighted by Gasteiger charge is 2.45. The molecule has 0 amide bonds. The topological polar surface area (TPSA) is 85.9 Å². The minimum Gasteiger partial charge on any atom is -0.496 e. The largest absolute Gasteiger partial charge is 0.496 e. The number of rotatable bonds is 10. The molecule has 3 aromatic rings. The van der Waals surface area contributed by atoms with Crippen molar-refractivity contribution in [2.75, 3.05) is 20.8 Å². The third-order valence-electron chi connectivity index (χ3n) is 6.53. The van der Waals surface area contributed by atoms with E-state index >= 15 is 0 Å². The Morgan fingerprint density at radius 2 is 1.97 bits per heavy atom. The van der Waals surface area contributed by atoms with Crippen molar-refractivity contribution in [1.82, 2.24) is 9.38 Å². The van der Waals surface area contributed by atoms with E-state index in [-0.39, 0.29) is 34.7 Å². The molecule has 0 unspecified atom stereocenters. The van der Waals surface area contributed by atoms with Gasteiger partial charge in [-0.3, -0.25) is 9.20 Å². The smallest absolute Gasteiger partial charge is 0.387 e. The second-order valence-corrected chi connectivity index (χ2v) is 9.49. The maximum absolute atomic E-state index is 13.3. The van der Waals surface area contributed by atoms with Gasteiger partial charge in [0.1, 0.15) is 22.7 Å². The quantitative estimate of drug-likeness (QED) is 0.358. The molecule has 1 aliphatic rings. The second kappa shape index (κ2) is 9.27. The fourth-order valence-corrected chi connectivity index (χ4v) is 4.29. The Morgan fingerprint density at radius 3 is 2.57 bits per heavy atom. The number of alkyl halides is 2. The predicted molar refractivity (Wildman–Crippen MR) is 125 cm³/mol. The number of hydrogen-bond donors (Lipinski definition) is 0. The summed E-state index contributed by atoms with van der Waals surface area (Å²) in [5.74, 6) is -0.432. The van der Waals surface area contributed by atoms with Crippen LogP contribution in [0.15, 0.2) is 36.7 Å². The molecule has 2 aromatic heterocycles. The van der Waals surface area contributed by atoms with Crippen LogP contribution in [0.25, 0.3) is 16.9 Å². The number of halogens is 2. The molecule has 1 fully saturated rings. The van der Waals surface area contributed by atoms with E-state index in [9.17, 15) is 18.8 Å². The number of ketones is 1. The average molecular weight is 484 g/mol. The van der Waals surface area contributed by atoms with Gasteiger partial charge in [-0.25, -0.2) is 4.98 Å². The number of nitrogens with zero attached hydrogens (tertiary/aromatic N) is 3. The SMILES string of the molecule is COCC1(CC(=O)c2c(OC)cc(-c3cnc4cc(C(C)(C)C#N)ccn34)cc2OC(F)F)CC1. The molecular weight excluding hydrogens is 456 g/mol. The Bertz CT molecular complexity index is 1310. The lowest BCUT2D eigenvalue weighted by atomic mass is 9.87. The molecule has 9 heteroatoms. The third kappa shape index (κ3) is 4.84. The molecule has 0 aliphatic heterocycles.